The van der Waals surface area contributed by atoms with Crippen LogP contribution < -0.4 is 0 Å². The van der Waals surface area contributed by atoms with Gasteiger partial charge in [-0.2, -0.15) is 0 Å². The Kier molecular flexibility index (Phi) is 27.7. The second-order valence-corrected chi connectivity index (χ2v) is 11.0. The number of unbranched alkanes of at least 4 members (excludes halogenated alkanes) is 20. The van der Waals surface area contributed by atoms with Crippen molar-refractivity contribution >= 4 is 11.9 Å². The Morgan fingerprint density at radius 2 is 0.833 bits per heavy atom. The molecule has 0 rings (SSSR count). The van der Waals surface area contributed by atoms with E-state index in [9.17, 15) is 9.59 Å². The number of carbonyl (C=O) groups excluding carboxylic acids is 1. The maximum Gasteiger partial charge on any atom is 0.306 e. The quantitative estimate of drug-likeness (QED) is 0.0802. The molecule has 4 heteroatoms. The molecular weight excluding hydrogens is 448 g/mol. The van der Waals surface area contributed by atoms with E-state index >= 15 is 0 Å². The van der Waals surface area contributed by atoms with Crippen LogP contribution in [0.25, 0.3) is 0 Å². The van der Waals surface area contributed by atoms with Gasteiger partial charge in [0, 0.05) is 12.8 Å². The molecule has 0 aromatic carbocycles. The normalized spacial score (nSPS) is 12.1. The van der Waals surface area contributed by atoms with E-state index in [1.807, 2.05) is 0 Å². The summed E-state index contributed by atoms with van der Waals surface area (Å²) in [5.41, 5.74) is 0. The first-order valence-electron chi connectivity index (χ1n) is 16.0. The maximum absolute atomic E-state index is 12.4. The van der Waals surface area contributed by atoms with Gasteiger partial charge in [0.2, 0.25) is 0 Å². The van der Waals surface area contributed by atoms with Crippen molar-refractivity contribution in [2.75, 3.05) is 0 Å². The van der Waals surface area contributed by atoms with Crippen LogP contribution in [0.5, 0.6) is 0 Å². The van der Waals surface area contributed by atoms with Crippen molar-refractivity contribution in [2.45, 2.75) is 193 Å². The van der Waals surface area contributed by atoms with Crippen LogP contribution in [0.2, 0.25) is 0 Å². The largest absolute Gasteiger partial charge is 0.481 e. The monoisotopic (exact) mass is 510 g/mol. The highest BCUT2D eigenvalue weighted by atomic mass is 16.5. The fourth-order valence-corrected chi connectivity index (χ4v) is 4.95. The van der Waals surface area contributed by atoms with E-state index < -0.39 is 5.97 Å². The zero-order valence-electron chi connectivity index (χ0n) is 24.3. The van der Waals surface area contributed by atoms with E-state index in [1.54, 1.807) is 0 Å². The Labute approximate surface area is 224 Å². The number of esters is 1. The molecule has 0 aliphatic rings. The van der Waals surface area contributed by atoms with Gasteiger partial charge in [-0.25, -0.2) is 0 Å². The number of ether oxygens (including phenoxy) is 1. The van der Waals surface area contributed by atoms with Crippen LogP contribution in [0.4, 0.5) is 0 Å². The summed E-state index contributed by atoms with van der Waals surface area (Å²) in [4.78, 5) is 23.2. The Bertz CT molecular complexity index is 477. The lowest BCUT2D eigenvalue weighted by Gasteiger charge is -2.18. The molecule has 214 valence electrons. The minimum Gasteiger partial charge on any atom is -0.481 e. The smallest absolute Gasteiger partial charge is 0.306 e. The van der Waals surface area contributed by atoms with Crippen molar-refractivity contribution in [2.24, 2.45) is 0 Å². The predicted molar refractivity (Wildman–Crippen MR) is 154 cm³/mol. The first kappa shape index (κ1) is 34.9. The molecule has 0 fully saturated rings. The highest BCUT2D eigenvalue weighted by Crippen LogP contribution is 2.18. The fraction of sp³-hybridized carbons (Fsp3) is 0.938. The van der Waals surface area contributed by atoms with E-state index in [4.69, 9.17) is 9.84 Å². The summed E-state index contributed by atoms with van der Waals surface area (Å²) in [5.74, 6) is -0.798. The van der Waals surface area contributed by atoms with Crippen molar-refractivity contribution in [3.63, 3.8) is 0 Å². The molecular formula is C32H62O4. The molecule has 4 nitrogen and oxygen atoms in total. The Balaban J connectivity index is 3.82. The predicted octanol–water partition coefficient (Wildman–Crippen LogP) is 10.6. The van der Waals surface area contributed by atoms with Crippen LogP contribution in [0.15, 0.2) is 0 Å². The summed E-state index contributed by atoms with van der Waals surface area (Å²) < 4.78 is 5.83. The number of hydrogen-bond donors (Lipinski definition) is 1. The second kappa shape index (κ2) is 28.5. The van der Waals surface area contributed by atoms with Crippen molar-refractivity contribution < 1.29 is 19.4 Å². The summed E-state index contributed by atoms with van der Waals surface area (Å²) in [6, 6.07) is 0. The van der Waals surface area contributed by atoms with Gasteiger partial charge in [0.15, 0.2) is 0 Å². The Morgan fingerprint density at radius 3 is 1.25 bits per heavy atom. The SMILES string of the molecule is CCCCCCCCCCCCCCCCC(=O)OC(CCCCCCCCC)CCCCC(=O)O. The molecule has 0 aliphatic carbocycles. The third-order valence-corrected chi connectivity index (χ3v) is 7.33. The van der Waals surface area contributed by atoms with E-state index in [-0.39, 0.29) is 18.5 Å². The molecule has 0 saturated heterocycles. The Morgan fingerprint density at radius 1 is 0.500 bits per heavy atom. The van der Waals surface area contributed by atoms with Gasteiger partial charge in [-0.3, -0.25) is 9.59 Å². The van der Waals surface area contributed by atoms with Crippen LogP contribution in [-0.2, 0) is 14.3 Å². The molecule has 36 heavy (non-hydrogen) atoms. The number of carboxylic acid groups (broad SMARTS) is 1. The van der Waals surface area contributed by atoms with Crippen molar-refractivity contribution in [1.29, 1.82) is 0 Å². The molecule has 1 N–H and O–H groups in total. The summed E-state index contributed by atoms with van der Waals surface area (Å²) in [5, 5.41) is 8.86. The molecule has 0 radical (unpaired) electrons. The highest BCUT2D eigenvalue weighted by molar-refractivity contribution is 5.69. The topological polar surface area (TPSA) is 63.6 Å². The van der Waals surface area contributed by atoms with Crippen molar-refractivity contribution in [3.8, 4) is 0 Å². The average molecular weight is 511 g/mol. The molecule has 0 amide bonds. The van der Waals surface area contributed by atoms with Gasteiger partial charge in [-0.05, 0) is 38.5 Å². The highest BCUT2D eigenvalue weighted by Gasteiger charge is 2.14. The van der Waals surface area contributed by atoms with Gasteiger partial charge in [-0.15, -0.1) is 0 Å². The first-order valence-corrected chi connectivity index (χ1v) is 16.0. The van der Waals surface area contributed by atoms with Gasteiger partial charge in [0.25, 0.3) is 0 Å². The van der Waals surface area contributed by atoms with Gasteiger partial charge in [0.05, 0.1) is 0 Å². The van der Waals surface area contributed by atoms with E-state index in [1.165, 1.54) is 116 Å². The number of carboxylic acids is 1. The van der Waals surface area contributed by atoms with Crippen LogP contribution in [0.3, 0.4) is 0 Å². The molecule has 0 spiro atoms. The lowest BCUT2D eigenvalue weighted by atomic mass is 10.0. The minimum absolute atomic E-state index is 0.0337. The fourth-order valence-electron chi connectivity index (χ4n) is 4.95. The van der Waals surface area contributed by atoms with Gasteiger partial charge in [-0.1, -0.05) is 136 Å². The summed E-state index contributed by atoms with van der Waals surface area (Å²) >= 11 is 0. The lowest BCUT2D eigenvalue weighted by Crippen LogP contribution is -2.18. The third kappa shape index (κ3) is 27.5. The summed E-state index contributed by atoms with van der Waals surface area (Å²) in [6.07, 6.45) is 31.1. The van der Waals surface area contributed by atoms with Crippen LogP contribution >= 0.6 is 0 Å². The first-order chi connectivity index (χ1) is 17.6. The van der Waals surface area contributed by atoms with Crippen molar-refractivity contribution in [3.05, 3.63) is 0 Å². The standard InChI is InChI=1S/C32H62O4/c1-3-5-7-9-11-12-13-14-15-16-17-19-21-23-29-32(35)36-30(27-24-25-28-31(33)34)26-22-20-18-10-8-6-4-2/h30H,3-29H2,1-2H3,(H,33,34). The van der Waals surface area contributed by atoms with E-state index in [0.717, 1.165) is 38.5 Å². The van der Waals surface area contributed by atoms with E-state index in [2.05, 4.69) is 13.8 Å². The molecule has 0 aromatic rings. The summed E-state index contributed by atoms with van der Waals surface area (Å²) in [6.45, 7) is 4.51. The minimum atomic E-state index is -0.742. The Hall–Kier alpha value is -1.06. The average Bonchev–Trinajstić information content (AvgIpc) is 2.85. The maximum atomic E-state index is 12.4. The van der Waals surface area contributed by atoms with Crippen LogP contribution in [0.1, 0.15) is 187 Å². The molecule has 0 saturated carbocycles. The van der Waals surface area contributed by atoms with Gasteiger partial charge >= 0.3 is 11.9 Å². The number of hydrogen-bond acceptors (Lipinski definition) is 3. The molecule has 0 heterocycles. The molecule has 1 atom stereocenters. The zero-order valence-corrected chi connectivity index (χ0v) is 24.3. The molecule has 0 bridgehead atoms. The van der Waals surface area contributed by atoms with Crippen LogP contribution in [0, 0.1) is 0 Å². The molecule has 0 aliphatic heterocycles. The number of carbonyl (C=O) groups is 2. The lowest BCUT2D eigenvalue weighted by molar-refractivity contribution is -0.150. The second-order valence-electron chi connectivity index (χ2n) is 11.0. The number of aliphatic carboxylic acids is 1. The number of rotatable bonds is 29. The van der Waals surface area contributed by atoms with Gasteiger partial charge in [0.1, 0.15) is 6.10 Å². The third-order valence-electron chi connectivity index (χ3n) is 7.33. The van der Waals surface area contributed by atoms with Gasteiger partial charge < -0.3 is 9.84 Å². The van der Waals surface area contributed by atoms with Crippen molar-refractivity contribution in [1.82, 2.24) is 0 Å². The van der Waals surface area contributed by atoms with Crippen LogP contribution in [-0.4, -0.2) is 23.1 Å². The summed E-state index contributed by atoms with van der Waals surface area (Å²) in [7, 11) is 0. The zero-order chi connectivity index (χ0) is 26.5. The molecule has 1 unspecified atom stereocenters. The molecule has 0 aromatic heterocycles. The van der Waals surface area contributed by atoms with E-state index in [0.29, 0.717) is 12.8 Å².